The Balaban J connectivity index is 1.62. The lowest BCUT2D eigenvalue weighted by molar-refractivity contribution is 0.354. The molecule has 0 atom stereocenters. The maximum Gasteiger partial charge on any atom is 0.191 e. The third-order valence-electron chi connectivity index (χ3n) is 5.81. The molecule has 1 saturated carbocycles. The minimum atomic E-state index is 0.563. The molecule has 1 aromatic heterocycles. The molecule has 31 heavy (non-hydrogen) atoms. The number of aromatic nitrogens is 3. The Bertz CT molecular complexity index is 829. The molecule has 1 aliphatic rings. The second-order valence-corrected chi connectivity index (χ2v) is 7.96. The fourth-order valence-corrected chi connectivity index (χ4v) is 3.99. The molecule has 3 rings (SSSR count). The number of guanidine groups is 1. The number of benzene rings is 1. The fourth-order valence-electron chi connectivity index (χ4n) is 3.99. The molecule has 0 saturated heterocycles. The second-order valence-electron chi connectivity index (χ2n) is 7.96. The van der Waals surface area contributed by atoms with Gasteiger partial charge in [0, 0.05) is 26.1 Å². The van der Waals surface area contributed by atoms with Gasteiger partial charge in [-0.05, 0) is 36.5 Å². The molecule has 1 heterocycles. The van der Waals surface area contributed by atoms with Crippen molar-refractivity contribution in [3.63, 3.8) is 0 Å². The van der Waals surface area contributed by atoms with Crippen molar-refractivity contribution in [3.05, 3.63) is 35.9 Å². The Morgan fingerprint density at radius 3 is 2.68 bits per heavy atom. The predicted octanol–water partition coefficient (Wildman–Crippen LogP) is 3.17. The van der Waals surface area contributed by atoms with E-state index in [1.54, 1.807) is 20.5 Å². The van der Waals surface area contributed by atoms with Gasteiger partial charge in [-0.25, -0.2) is 4.99 Å². The van der Waals surface area contributed by atoms with Crippen molar-refractivity contribution in [1.82, 2.24) is 25.4 Å². The van der Waals surface area contributed by atoms with Crippen LogP contribution in [0.1, 0.15) is 50.4 Å². The van der Waals surface area contributed by atoms with Crippen LogP contribution in [0.3, 0.4) is 0 Å². The summed E-state index contributed by atoms with van der Waals surface area (Å²) in [7, 11) is 3.30. The average molecular weight is 429 g/mol. The molecule has 0 bridgehead atoms. The van der Waals surface area contributed by atoms with Gasteiger partial charge in [-0.3, -0.25) is 0 Å². The molecule has 2 aromatic rings. The summed E-state index contributed by atoms with van der Waals surface area (Å²) in [6.45, 7) is 5.18. The molecular formula is C23H36N6O2. The number of aliphatic imine (C=N–C) groups is 1. The van der Waals surface area contributed by atoms with Crippen LogP contribution in [0.5, 0.6) is 11.5 Å². The van der Waals surface area contributed by atoms with Crippen molar-refractivity contribution < 1.29 is 9.47 Å². The monoisotopic (exact) mass is 428 g/mol. The van der Waals surface area contributed by atoms with E-state index < -0.39 is 0 Å². The Morgan fingerprint density at radius 2 is 1.94 bits per heavy atom. The first-order chi connectivity index (χ1) is 15.2. The molecule has 0 amide bonds. The van der Waals surface area contributed by atoms with Crippen molar-refractivity contribution in [2.45, 2.75) is 58.5 Å². The van der Waals surface area contributed by atoms with Crippen molar-refractivity contribution >= 4 is 5.96 Å². The number of hydrogen-bond donors (Lipinski definition) is 2. The number of ether oxygens (including phenoxy) is 2. The molecule has 1 aliphatic carbocycles. The van der Waals surface area contributed by atoms with Crippen LogP contribution in [0, 0.1) is 5.92 Å². The van der Waals surface area contributed by atoms with Crippen molar-refractivity contribution in [3.8, 4) is 11.5 Å². The lowest BCUT2D eigenvalue weighted by atomic mass is 9.89. The standard InChI is InChI=1S/C23H36N6O2/c1-4-22-28-27-17-29(22)13-12-24-23(25-15-18-8-6-5-7-9-18)26-16-19-10-11-20(30-2)21(14-19)31-3/h10-11,14,17-18H,4-9,12-13,15-16H2,1-3H3,(H2,24,25,26). The topological polar surface area (TPSA) is 85.6 Å². The highest BCUT2D eigenvalue weighted by molar-refractivity contribution is 5.79. The zero-order valence-electron chi connectivity index (χ0n) is 19.1. The van der Waals surface area contributed by atoms with E-state index in [1.165, 1.54) is 32.1 Å². The molecule has 0 radical (unpaired) electrons. The number of nitrogens with zero attached hydrogens (tertiary/aromatic N) is 4. The van der Waals surface area contributed by atoms with E-state index in [0.29, 0.717) is 6.54 Å². The molecule has 1 fully saturated rings. The van der Waals surface area contributed by atoms with E-state index in [2.05, 4.69) is 32.3 Å². The zero-order chi connectivity index (χ0) is 21.9. The zero-order valence-corrected chi connectivity index (χ0v) is 19.1. The van der Waals surface area contributed by atoms with Gasteiger partial charge in [0.05, 0.1) is 20.8 Å². The highest BCUT2D eigenvalue weighted by Crippen LogP contribution is 2.27. The predicted molar refractivity (Wildman–Crippen MR) is 123 cm³/mol. The summed E-state index contributed by atoms with van der Waals surface area (Å²) in [5, 5.41) is 15.2. The van der Waals surface area contributed by atoms with Crippen molar-refractivity contribution in [1.29, 1.82) is 0 Å². The van der Waals surface area contributed by atoms with Crippen LogP contribution in [-0.4, -0.2) is 48.0 Å². The van der Waals surface area contributed by atoms with Gasteiger partial charge in [0.2, 0.25) is 0 Å². The minimum Gasteiger partial charge on any atom is -0.493 e. The first kappa shape index (κ1) is 22.9. The van der Waals surface area contributed by atoms with E-state index in [9.17, 15) is 0 Å². The highest BCUT2D eigenvalue weighted by Gasteiger charge is 2.14. The van der Waals surface area contributed by atoms with Crippen molar-refractivity contribution in [2.75, 3.05) is 27.3 Å². The van der Waals surface area contributed by atoms with Crippen LogP contribution in [0.2, 0.25) is 0 Å². The van der Waals surface area contributed by atoms with E-state index in [1.807, 2.05) is 18.2 Å². The van der Waals surface area contributed by atoms with Gasteiger partial charge in [0.15, 0.2) is 17.5 Å². The normalized spacial score (nSPS) is 15.0. The van der Waals surface area contributed by atoms with Crippen LogP contribution in [-0.2, 0) is 19.5 Å². The van der Waals surface area contributed by atoms with Gasteiger partial charge in [-0.1, -0.05) is 32.3 Å². The molecule has 1 aromatic carbocycles. The number of nitrogens with one attached hydrogen (secondary N) is 2. The largest absolute Gasteiger partial charge is 0.493 e. The summed E-state index contributed by atoms with van der Waals surface area (Å²) < 4.78 is 12.8. The molecule has 170 valence electrons. The van der Waals surface area contributed by atoms with Crippen molar-refractivity contribution in [2.24, 2.45) is 10.9 Å². The van der Waals surface area contributed by atoms with Crippen LogP contribution in [0.25, 0.3) is 0 Å². The van der Waals surface area contributed by atoms with E-state index in [-0.39, 0.29) is 0 Å². The molecule has 0 spiro atoms. The summed E-state index contributed by atoms with van der Waals surface area (Å²) in [6.07, 6.45) is 9.31. The van der Waals surface area contributed by atoms with Crippen LogP contribution in [0.15, 0.2) is 29.5 Å². The highest BCUT2D eigenvalue weighted by atomic mass is 16.5. The van der Waals surface area contributed by atoms with Crippen LogP contribution in [0.4, 0.5) is 0 Å². The van der Waals surface area contributed by atoms with E-state index in [4.69, 9.17) is 14.5 Å². The first-order valence-corrected chi connectivity index (χ1v) is 11.3. The molecule has 0 unspecified atom stereocenters. The number of hydrogen-bond acceptors (Lipinski definition) is 5. The van der Waals surface area contributed by atoms with Crippen LogP contribution < -0.4 is 20.1 Å². The smallest absolute Gasteiger partial charge is 0.191 e. The first-order valence-electron chi connectivity index (χ1n) is 11.3. The van der Waals surface area contributed by atoms with Gasteiger partial charge in [-0.2, -0.15) is 0 Å². The average Bonchev–Trinajstić information content (AvgIpc) is 3.28. The Labute approximate surface area is 185 Å². The third kappa shape index (κ3) is 6.87. The molecule has 8 nitrogen and oxygen atoms in total. The quantitative estimate of drug-likeness (QED) is 0.447. The SMILES string of the molecule is CCc1nncn1CCNC(=NCc1ccc(OC)c(OC)c1)NCC1CCCCC1. The lowest BCUT2D eigenvalue weighted by Gasteiger charge is -2.23. The van der Waals surface area contributed by atoms with Gasteiger partial charge in [-0.15, -0.1) is 10.2 Å². The van der Waals surface area contributed by atoms with Crippen LogP contribution >= 0.6 is 0 Å². The maximum absolute atomic E-state index is 5.42. The fraction of sp³-hybridized carbons (Fsp3) is 0.609. The molecular weight excluding hydrogens is 392 g/mol. The Hall–Kier alpha value is -2.77. The van der Waals surface area contributed by atoms with Gasteiger partial charge < -0.3 is 24.7 Å². The number of methoxy groups -OCH3 is 2. The summed E-state index contributed by atoms with van der Waals surface area (Å²) >= 11 is 0. The number of rotatable bonds is 10. The van der Waals surface area contributed by atoms with E-state index >= 15 is 0 Å². The minimum absolute atomic E-state index is 0.563. The van der Waals surface area contributed by atoms with Gasteiger partial charge in [0.1, 0.15) is 12.2 Å². The summed E-state index contributed by atoms with van der Waals surface area (Å²) in [6, 6.07) is 5.92. The summed E-state index contributed by atoms with van der Waals surface area (Å²) in [4.78, 5) is 4.83. The lowest BCUT2D eigenvalue weighted by Crippen LogP contribution is -2.41. The maximum atomic E-state index is 5.42. The third-order valence-corrected chi connectivity index (χ3v) is 5.81. The molecule has 8 heteroatoms. The molecule has 0 aliphatic heterocycles. The van der Waals surface area contributed by atoms with Gasteiger partial charge >= 0.3 is 0 Å². The second kappa shape index (κ2) is 12.2. The summed E-state index contributed by atoms with van der Waals surface area (Å²) in [5.74, 6) is 4.02. The Kier molecular flexibility index (Phi) is 8.99. The Morgan fingerprint density at radius 1 is 1.13 bits per heavy atom. The van der Waals surface area contributed by atoms with Gasteiger partial charge in [0.25, 0.3) is 0 Å². The molecule has 2 N–H and O–H groups in total. The van der Waals surface area contributed by atoms with E-state index in [0.717, 1.165) is 60.8 Å². The summed E-state index contributed by atoms with van der Waals surface area (Å²) in [5.41, 5.74) is 1.07. The number of aryl methyl sites for hydroxylation is 1.